The molecule has 0 nitrogen and oxygen atoms in total. The summed E-state index contributed by atoms with van der Waals surface area (Å²) in [7, 11) is 0. The maximum absolute atomic E-state index is 12.3. The maximum Gasteiger partial charge on any atom is 0.391 e. The van der Waals surface area contributed by atoms with Gasteiger partial charge in [-0.3, -0.25) is 0 Å². The highest BCUT2D eigenvalue weighted by molar-refractivity contribution is 7.80. The lowest BCUT2D eigenvalue weighted by Crippen LogP contribution is -2.30. The Bertz CT molecular complexity index is 185. The Morgan fingerprint density at radius 1 is 1.00 bits per heavy atom. The molecule has 0 N–H and O–H groups in total. The summed E-state index contributed by atoms with van der Waals surface area (Å²) in [5, 5.41) is 0. The SMILES string of the molecule is CC(CC(CCS)C(F)(F)F)C(F)(F)F. The normalized spacial score (nSPS) is 17.6. The zero-order chi connectivity index (χ0) is 12.3. The zero-order valence-corrected chi connectivity index (χ0v) is 8.89. The largest absolute Gasteiger partial charge is 0.391 e. The molecular formula is C8H12F6S. The van der Waals surface area contributed by atoms with Crippen LogP contribution in [0.3, 0.4) is 0 Å². The van der Waals surface area contributed by atoms with Crippen molar-refractivity contribution in [3.05, 3.63) is 0 Å². The second-order valence-corrected chi connectivity index (χ2v) is 3.88. The Balaban J connectivity index is 4.43. The summed E-state index contributed by atoms with van der Waals surface area (Å²) in [6.07, 6.45) is -10.5. The summed E-state index contributed by atoms with van der Waals surface area (Å²) in [6, 6.07) is 0. The van der Waals surface area contributed by atoms with Crippen LogP contribution in [0.2, 0.25) is 0 Å². The molecule has 15 heavy (non-hydrogen) atoms. The molecule has 2 unspecified atom stereocenters. The minimum absolute atomic E-state index is 0.0746. The Labute approximate surface area is 89.4 Å². The van der Waals surface area contributed by atoms with Crippen LogP contribution in [-0.2, 0) is 0 Å². The van der Waals surface area contributed by atoms with Gasteiger partial charge < -0.3 is 0 Å². The number of rotatable bonds is 4. The van der Waals surface area contributed by atoms with Gasteiger partial charge in [-0.1, -0.05) is 6.92 Å². The first-order valence-corrected chi connectivity index (χ1v) is 4.96. The van der Waals surface area contributed by atoms with Crippen molar-refractivity contribution in [3.8, 4) is 0 Å². The third-order valence-electron chi connectivity index (χ3n) is 2.14. The van der Waals surface area contributed by atoms with Gasteiger partial charge in [-0.15, -0.1) is 0 Å². The molecule has 0 amide bonds. The first-order chi connectivity index (χ1) is 6.59. The Morgan fingerprint density at radius 2 is 1.47 bits per heavy atom. The molecule has 0 aromatic carbocycles. The molecule has 0 saturated heterocycles. The lowest BCUT2D eigenvalue weighted by atomic mass is 9.93. The summed E-state index contributed by atoms with van der Waals surface area (Å²) in [5.41, 5.74) is 0. The minimum Gasteiger partial charge on any atom is -0.179 e. The van der Waals surface area contributed by atoms with Gasteiger partial charge in [-0.05, 0) is 18.6 Å². The van der Waals surface area contributed by atoms with Gasteiger partial charge >= 0.3 is 12.4 Å². The average molecular weight is 254 g/mol. The van der Waals surface area contributed by atoms with Crippen molar-refractivity contribution in [1.29, 1.82) is 0 Å². The number of thiol groups is 1. The first kappa shape index (κ1) is 14.9. The van der Waals surface area contributed by atoms with Gasteiger partial charge in [0.05, 0.1) is 11.8 Å². The fraction of sp³-hybridized carbons (Fsp3) is 1.00. The van der Waals surface area contributed by atoms with E-state index >= 15 is 0 Å². The molecule has 0 spiro atoms. The molecule has 2 atom stereocenters. The first-order valence-electron chi connectivity index (χ1n) is 4.33. The molecule has 0 heterocycles. The highest BCUT2D eigenvalue weighted by atomic mass is 32.1. The van der Waals surface area contributed by atoms with E-state index in [0.29, 0.717) is 0 Å². The maximum atomic E-state index is 12.3. The Kier molecular flexibility index (Phi) is 5.29. The quantitative estimate of drug-likeness (QED) is 0.567. The van der Waals surface area contributed by atoms with Crippen LogP contribution in [0.1, 0.15) is 19.8 Å². The van der Waals surface area contributed by atoms with Gasteiger partial charge in [0.25, 0.3) is 0 Å². The Morgan fingerprint density at radius 3 is 1.73 bits per heavy atom. The van der Waals surface area contributed by atoms with E-state index < -0.39 is 30.6 Å². The molecule has 0 aliphatic rings. The van der Waals surface area contributed by atoms with Crippen LogP contribution >= 0.6 is 12.6 Å². The van der Waals surface area contributed by atoms with Crippen molar-refractivity contribution in [2.45, 2.75) is 32.1 Å². The molecule has 0 fully saturated rings. The van der Waals surface area contributed by atoms with E-state index in [2.05, 4.69) is 12.6 Å². The van der Waals surface area contributed by atoms with E-state index in [1.165, 1.54) is 0 Å². The third kappa shape index (κ3) is 5.53. The number of alkyl halides is 6. The van der Waals surface area contributed by atoms with E-state index in [-0.39, 0.29) is 12.2 Å². The summed E-state index contributed by atoms with van der Waals surface area (Å²) < 4.78 is 72.9. The predicted octanol–water partition coefficient (Wildman–Crippen LogP) is 4.07. The predicted molar refractivity (Wildman–Crippen MR) is 47.9 cm³/mol. The van der Waals surface area contributed by atoms with E-state index in [1.54, 1.807) is 0 Å². The smallest absolute Gasteiger partial charge is 0.179 e. The topological polar surface area (TPSA) is 0 Å². The highest BCUT2D eigenvalue weighted by Crippen LogP contribution is 2.38. The van der Waals surface area contributed by atoms with E-state index in [9.17, 15) is 26.3 Å². The van der Waals surface area contributed by atoms with Crippen molar-refractivity contribution in [2.75, 3.05) is 5.75 Å². The average Bonchev–Trinajstić information content (AvgIpc) is 1.99. The van der Waals surface area contributed by atoms with Gasteiger partial charge in [0, 0.05) is 0 Å². The van der Waals surface area contributed by atoms with Gasteiger partial charge in [0.1, 0.15) is 0 Å². The van der Waals surface area contributed by atoms with Crippen LogP contribution in [0, 0.1) is 11.8 Å². The summed E-state index contributed by atoms with van der Waals surface area (Å²) in [6.45, 7) is 0.761. The van der Waals surface area contributed by atoms with E-state index in [0.717, 1.165) is 6.92 Å². The molecule has 0 aliphatic carbocycles. The van der Waals surface area contributed by atoms with Gasteiger partial charge in [0.2, 0.25) is 0 Å². The zero-order valence-electron chi connectivity index (χ0n) is 7.99. The van der Waals surface area contributed by atoms with Crippen molar-refractivity contribution >= 4 is 12.6 Å². The summed E-state index contributed by atoms with van der Waals surface area (Å²) >= 11 is 3.61. The summed E-state index contributed by atoms with van der Waals surface area (Å²) in [5.74, 6) is -3.94. The lowest BCUT2D eigenvalue weighted by Gasteiger charge is -2.24. The van der Waals surface area contributed by atoms with Crippen molar-refractivity contribution in [1.82, 2.24) is 0 Å². The molecule has 0 radical (unpaired) electrons. The van der Waals surface area contributed by atoms with Crippen LogP contribution in [0.5, 0.6) is 0 Å². The second-order valence-electron chi connectivity index (χ2n) is 3.43. The third-order valence-corrected chi connectivity index (χ3v) is 2.40. The fourth-order valence-corrected chi connectivity index (χ4v) is 1.44. The van der Waals surface area contributed by atoms with Crippen molar-refractivity contribution in [2.24, 2.45) is 11.8 Å². The van der Waals surface area contributed by atoms with Gasteiger partial charge in [0.15, 0.2) is 0 Å². The van der Waals surface area contributed by atoms with E-state index in [4.69, 9.17) is 0 Å². The molecule has 92 valence electrons. The number of hydrogen-bond acceptors (Lipinski definition) is 1. The van der Waals surface area contributed by atoms with Crippen LogP contribution in [0.25, 0.3) is 0 Å². The van der Waals surface area contributed by atoms with Crippen LogP contribution in [0.4, 0.5) is 26.3 Å². The number of hydrogen-bond donors (Lipinski definition) is 1. The Hall–Kier alpha value is -0.0700. The molecule has 0 bridgehead atoms. The van der Waals surface area contributed by atoms with Gasteiger partial charge in [-0.25, -0.2) is 0 Å². The monoisotopic (exact) mass is 254 g/mol. The molecule has 0 saturated carbocycles. The summed E-state index contributed by atoms with van der Waals surface area (Å²) in [4.78, 5) is 0. The molecule has 0 rings (SSSR count). The van der Waals surface area contributed by atoms with Crippen LogP contribution in [-0.4, -0.2) is 18.1 Å². The molecule has 7 heteroatoms. The molecular weight excluding hydrogens is 242 g/mol. The molecule has 0 aromatic rings. The number of halogens is 6. The second kappa shape index (κ2) is 5.32. The molecule has 0 aliphatic heterocycles. The van der Waals surface area contributed by atoms with Gasteiger partial charge in [-0.2, -0.15) is 39.0 Å². The minimum atomic E-state index is -4.58. The lowest BCUT2D eigenvalue weighted by molar-refractivity contribution is -0.207. The van der Waals surface area contributed by atoms with Crippen LogP contribution < -0.4 is 0 Å². The van der Waals surface area contributed by atoms with E-state index in [1.807, 2.05) is 0 Å². The van der Waals surface area contributed by atoms with Crippen LogP contribution in [0.15, 0.2) is 0 Å². The van der Waals surface area contributed by atoms with Crippen molar-refractivity contribution < 1.29 is 26.3 Å². The highest BCUT2D eigenvalue weighted by Gasteiger charge is 2.45. The fourth-order valence-electron chi connectivity index (χ4n) is 1.13. The van der Waals surface area contributed by atoms with Crippen molar-refractivity contribution in [3.63, 3.8) is 0 Å². The standard InChI is InChI=1S/C8H12F6S/c1-5(7(9,10)11)4-6(2-3-15)8(12,13)14/h5-6,15H,2-4H2,1H3. The molecule has 0 aromatic heterocycles.